The summed E-state index contributed by atoms with van der Waals surface area (Å²) in [4.78, 5) is 11.3. The van der Waals surface area contributed by atoms with Crippen LogP contribution in [0.5, 0.6) is 5.75 Å². The number of carbonyl (C=O) groups excluding carboxylic acids is 1. The van der Waals surface area contributed by atoms with E-state index in [4.69, 9.17) is 5.73 Å². The zero-order valence-electron chi connectivity index (χ0n) is 11.1. The lowest BCUT2D eigenvalue weighted by molar-refractivity contribution is -0.274. The molecule has 0 heterocycles. The van der Waals surface area contributed by atoms with Gasteiger partial charge in [-0.1, -0.05) is 12.1 Å². The van der Waals surface area contributed by atoms with Gasteiger partial charge in [-0.3, -0.25) is 0 Å². The van der Waals surface area contributed by atoms with E-state index in [0.29, 0.717) is 11.8 Å². The number of hydrogen-bond donors (Lipinski definition) is 1. The molecule has 2 aromatic carbocycles. The third-order valence-corrected chi connectivity index (χ3v) is 2.99. The number of halogens is 4. The molecule has 1 atom stereocenters. The highest BCUT2D eigenvalue weighted by atomic mass is 19.4. The second-order valence-corrected chi connectivity index (χ2v) is 4.50. The Bertz CT molecular complexity index is 668. The molecule has 1 unspecified atom stereocenters. The zero-order valence-corrected chi connectivity index (χ0v) is 11.1. The summed E-state index contributed by atoms with van der Waals surface area (Å²) in [5.74, 6) is -1.85. The molecule has 116 valence electrons. The van der Waals surface area contributed by atoms with Gasteiger partial charge in [-0.2, -0.15) is 0 Å². The van der Waals surface area contributed by atoms with Crippen LogP contribution < -0.4 is 10.5 Å². The van der Waals surface area contributed by atoms with Crippen LogP contribution in [-0.4, -0.2) is 12.6 Å². The largest absolute Gasteiger partial charge is 0.573 e. The maximum Gasteiger partial charge on any atom is 0.573 e. The van der Waals surface area contributed by atoms with E-state index in [0.717, 1.165) is 24.3 Å². The smallest absolute Gasteiger partial charge is 0.406 e. The fourth-order valence-corrected chi connectivity index (χ4v) is 2.02. The molecule has 2 aromatic rings. The SMILES string of the molecule is Nc1ccc(F)cc1C(C=O)c1ccc(OC(F)(F)F)cc1. The summed E-state index contributed by atoms with van der Waals surface area (Å²) in [5, 5.41) is 0. The lowest BCUT2D eigenvalue weighted by Crippen LogP contribution is -2.17. The van der Waals surface area contributed by atoms with Crippen molar-refractivity contribution in [2.75, 3.05) is 5.73 Å². The van der Waals surface area contributed by atoms with Gasteiger partial charge in [-0.05, 0) is 41.5 Å². The number of hydrogen-bond acceptors (Lipinski definition) is 3. The van der Waals surface area contributed by atoms with Gasteiger partial charge < -0.3 is 15.3 Å². The number of rotatable bonds is 4. The van der Waals surface area contributed by atoms with E-state index in [1.54, 1.807) is 0 Å². The van der Waals surface area contributed by atoms with E-state index in [9.17, 15) is 22.4 Å². The van der Waals surface area contributed by atoms with Gasteiger partial charge in [0.25, 0.3) is 0 Å². The van der Waals surface area contributed by atoms with E-state index >= 15 is 0 Å². The first-order chi connectivity index (χ1) is 10.3. The molecule has 2 N–H and O–H groups in total. The van der Waals surface area contributed by atoms with Crippen molar-refractivity contribution < 1.29 is 27.1 Å². The first-order valence-electron chi connectivity index (χ1n) is 6.16. The van der Waals surface area contributed by atoms with Crippen LogP contribution in [0.3, 0.4) is 0 Å². The molecule has 0 bridgehead atoms. The Morgan fingerprint density at radius 3 is 2.27 bits per heavy atom. The Labute approximate surface area is 123 Å². The summed E-state index contributed by atoms with van der Waals surface area (Å²) in [6, 6.07) is 8.34. The summed E-state index contributed by atoms with van der Waals surface area (Å²) in [5.41, 5.74) is 6.56. The van der Waals surface area contributed by atoms with E-state index in [1.165, 1.54) is 18.2 Å². The van der Waals surface area contributed by atoms with Crippen molar-refractivity contribution in [2.45, 2.75) is 12.3 Å². The van der Waals surface area contributed by atoms with Crippen LogP contribution in [0.4, 0.5) is 23.2 Å². The highest BCUT2D eigenvalue weighted by Gasteiger charge is 2.31. The van der Waals surface area contributed by atoms with E-state index in [1.807, 2.05) is 0 Å². The predicted octanol–water partition coefficient (Wildman–Crippen LogP) is 3.64. The fourth-order valence-electron chi connectivity index (χ4n) is 2.02. The average molecular weight is 313 g/mol. The molecule has 7 heteroatoms. The molecule has 3 nitrogen and oxygen atoms in total. The van der Waals surface area contributed by atoms with Crippen LogP contribution in [0.2, 0.25) is 0 Å². The van der Waals surface area contributed by atoms with Gasteiger partial charge in [0.2, 0.25) is 0 Å². The number of benzene rings is 2. The molecule has 0 fully saturated rings. The molecule has 0 aliphatic carbocycles. The Kier molecular flexibility index (Phi) is 4.35. The van der Waals surface area contributed by atoms with Crippen LogP contribution >= 0.6 is 0 Å². The summed E-state index contributed by atoms with van der Waals surface area (Å²) in [7, 11) is 0. The molecule has 0 saturated carbocycles. The van der Waals surface area contributed by atoms with E-state index in [-0.39, 0.29) is 11.3 Å². The van der Waals surface area contributed by atoms with Crippen molar-refractivity contribution in [1.29, 1.82) is 0 Å². The minimum Gasteiger partial charge on any atom is -0.406 e. The van der Waals surface area contributed by atoms with Crippen LogP contribution in [0.1, 0.15) is 17.0 Å². The molecule has 2 rings (SSSR count). The first kappa shape index (κ1) is 15.8. The second-order valence-electron chi connectivity index (χ2n) is 4.50. The zero-order chi connectivity index (χ0) is 16.3. The number of alkyl halides is 3. The Hall–Kier alpha value is -2.57. The molecular formula is C15H11F4NO2. The average Bonchev–Trinajstić information content (AvgIpc) is 2.43. The van der Waals surface area contributed by atoms with Crippen LogP contribution in [0.15, 0.2) is 42.5 Å². The topological polar surface area (TPSA) is 52.3 Å². The third kappa shape index (κ3) is 3.75. The van der Waals surface area contributed by atoms with Gasteiger partial charge in [-0.25, -0.2) is 4.39 Å². The first-order valence-corrected chi connectivity index (χ1v) is 6.16. The van der Waals surface area contributed by atoms with Crippen molar-refractivity contribution in [3.63, 3.8) is 0 Å². The van der Waals surface area contributed by atoms with Crippen LogP contribution in [0.25, 0.3) is 0 Å². The van der Waals surface area contributed by atoms with Crippen molar-refractivity contribution in [2.24, 2.45) is 0 Å². The predicted molar refractivity (Wildman–Crippen MR) is 71.8 cm³/mol. The molecule has 0 saturated heterocycles. The van der Waals surface area contributed by atoms with Gasteiger partial charge in [0.05, 0.1) is 5.92 Å². The summed E-state index contributed by atoms with van der Waals surface area (Å²) in [6.45, 7) is 0. The summed E-state index contributed by atoms with van der Waals surface area (Å²) < 4.78 is 53.3. The molecule has 0 radical (unpaired) electrons. The fraction of sp³-hybridized carbons (Fsp3) is 0.133. The molecule has 22 heavy (non-hydrogen) atoms. The molecule has 0 aliphatic rings. The maximum absolute atomic E-state index is 13.3. The van der Waals surface area contributed by atoms with Crippen molar-refractivity contribution in [3.05, 3.63) is 59.4 Å². The lowest BCUT2D eigenvalue weighted by atomic mass is 9.91. The molecule has 0 amide bonds. The van der Waals surface area contributed by atoms with Gasteiger partial charge in [0.15, 0.2) is 0 Å². The Morgan fingerprint density at radius 2 is 1.73 bits per heavy atom. The molecule has 0 aromatic heterocycles. The standard InChI is InChI=1S/C15H11F4NO2/c16-10-3-6-14(20)12(7-10)13(8-21)9-1-4-11(5-2-9)22-15(17,18)19/h1-8,13H,20H2. The van der Waals surface area contributed by atoms with Gasteiger partial charge in [0, 0.05) is 5.69 Å². The number of anilines is 1. The number of nitrogen functional groups attached to an aromatic ring is 1. The lowest BCUT2D eigenvalue weighted by Gasteiger charge is -2.15. The normalized spacial score (nSPS) is 12.7. The number of ether oxygens (including phenoxy) is 1. The monoisotopic (exact) mass is 313 g/mol. The highest BCUT2D eigenvalue weighted by Crippen LogP contribution is 2.30. The highest BCUT2D eigenvalue weighted by molar-refractivity contribution is 5.72. The maximum atomic E-state index is 13.3. The quantitative estimate of drug-likeness (QED) is 0.533. The molecular weight excluding hydrogens is 302 g/mol. The Morgan fingerprint density at radius 1 is 1.09 bits per heavy atom. The van der Waals surface area contributed by atoms with Crippen LogP contribution in [-0.2, 0) is 4.79 Å². The third-order valence-electron chi connectivity index (χ3n) is 2.99. The minimum absolute atomic E-state index is 0.217. The van der Waals surface area contributed by atoms with Crippen molar-refractivity contribution >= 4 is 12.0 Å². The summed E-state index contributed by atoms with van der Waals surface area (Å²) >= 11 is 0. The van der Waals surface area contributed by atoms with Crippen molar-refractivity contribution in [3.8, 4) is 5.75 Å². The second kappa shape index (κ2) is 6.05. The minimum atomic E-state index is -4.79. The van der Waals surface area contributed by atoms with Gasteiger partial charge >= 0.3 is 6.36 Å². The van der Waals surface area contributed by atoms with Crippen molar-refractivity contribution in [1.82, 2.24) is 0 Å². The van der Waals surface area contributed by atoms with Gasteiger partial charge in [0.1, 0.15) is 17.9 Å². The summed E-state index contributed by atoms with van der Waals surface area (Å²) in [6.07, 6.45) is -4.25. The van der Waals surface area contributed by atoms with E-state index in [2.05, 4.69) is 4.74 Å². The Balaban J connectivity index is 2.32. The van der Waals surface area contributed by atoms with E-state index < -0.39 is 23.8 Å². The number of nitrogens with two attached hydrogens (primary N) is 1. The molecule has 0 spiro atoms. The van der Waals surface area contributed by atoms with Crippen LogP contribution in [0, 0.1) is 5.82 Å². The number of aldehydes is 1. The number of carbonyl (C=O) groups is 1. The molecule has 0 aliphatic heterocycles. The van der Waals surface area contributed by atoms with Gasteiger partial charge in [-0.15, -0.1) is 13.2 Å².